The molecule has 0 aliphatic heterocycles. The van der Waals surface area contributed by atoms with Gasteiger partial charge in [0.05, 0.1) is 23.4 Å². The molecule has 7 heteroatoms. The molecule has 0 atom stereocenters. The summed E-state index contributed by atoms with van der Waals surface area (Å²) in [6.45, 7) is 2.68. The molecule has 0 heterocycles. The molecular weight excluding hydrogens is 516 g/mol. The van der Waals surface area contributed by atoms with E-state index in [0.29, 0.717) is 45.3 Å². The predicted octanol–water partition coefficient (Wildman–Crippen LogP) is 7.00. The second-order valence-corrected chi connectivity index (χ2v) is 8.63. The molecule has 4 rings (SSSR count). The van der Waals surface area contributed by atoms with Gasteiger partial charge in [0.25, 0.3) is 5.91 Å². The fourth-order valence-corrected chi connectivity index (χ4v) is 4.24. The van der Waals surface area contributed by atoms with Crippen molar-refractivity contribution in [2.75, 3.05) is 6.61 Å². The lowest BCUT2D eigenvalue weighted by atomic mass is 10.1. The summed E-state index contributed by atoms with van der Waals surface area (Å²) in [4.78, 5) is 12.3. The predicted molar refractivity (Wildman–Crippen MR) is 140 cm³/mol. The van der Waals surface area contributed by atoms with Crippen molar-refractivity contribution in [3.8, 4) is 11.5 Å². The van der Waals surface area contributed by atoms with Gasteiger partial charge in [0, 0.05) is 4.47 Å². The van der Waals surface area contributed by atoms with E-state index in [1.165, 1.54) is 6.21 Å². The van der Waals surface area contributed by atoms with E-state index in [9.17, 15) is 4.79 Å². The number of nitrogens with one attached hydrogen (secondary N) is 1. The van der Waals surface area contributed by atoms with Crippen molar-refractivity contribution in [2.24, 2.45) is 5.10 Å². The standard InChI is InChI=1S/C27H22BrClN2O3/c1-2-33-25-15-18(16-30-31-27(32)22-12-5-6-13-23(22)28)14-24(29)26(25)34-17-20-10-7-9-19-8-3-4-11-21(19)20/h3-16H,2,17H2,1H3,(H,31,32)/b30-16-. The fraction of sp³-hybridized carbons (Fsp3) is 0.111. The van der Waals surface area contributed by atoms with Crippen LogP contribution in [0.3, 0.4) is 0 Å². The van der Waals surface area contributed by atoms with Crippen molar-refractivity contribution < 1.29 is 14.3 Å². The second kappa shape index (κ2) is 11.2. The molecular formula is C27H22BrClN2O3. The number of halogens is 2. The monoisotopic (exact) mass is 536 g/mol. The first kappa shape index (κ1) is 23.8. The average molecular weight is 538 g/mol. The summed E-state index contributed by atoms with van der Waals surface area (Å²) in [6.07, 6.45) is 1.51. The number of hydrogen-bond donors (Lipinski definition) is 1. The quantitative estimate of drug-likeness (QED) is 0.194. The van der Waals surface area contributed by atoms with Crippen LogP contribution in [-0.4, -0.2) is 18.7 Å². The first-order valence-corrected chi connectivity index (χ1v) is 11.9. The Bertz CT molecular complexity index is 1350. The van der Waals surface area contributed by atoms with Gasteiger partial charge in [-0.15, -0.1) is 0 Å². The summed E-state index contributed by atoms with van der Waals surface area (Å²) >= 11 is 9.91. The molecule has 5 nitrogen and oxygen atoms in total. The highest BCUT2D eigenvalue weighted by molar-refractivity contribution is 9.10. The molecule has 0 unspecified atom stereocenters. The molecule has 1 amide bonds. The average Bonchev–Trinajstić information content (AvgIpc) is 2.84. The van der Waals surface area contributed by atoms with Gasteiger partial charge in [-0.2, -0.15) is 5.10 Å². The Morgan fingerprint density at radius 1 is 1.03 bits per heavy atom. The number of rotatable bonds is 8. The number of hydrazone groups is 1. The molecule has 0 aliphatic rings. The van der Waals surface area contributed by atoms with Crippen LogP contribution in [0.4, 0.5) is 0 Å². The summed E-state index contributed by atoms with van der Waals surface area (Å²) in [5, 5.41) is 6.73. The van der Waals surface area contributed by atoms with E-state index < -0.39 is 0 Å². The number of hydrogen-bond acceptors (Lipinski definition) is 4. The summed E-state index contributed by atoms with van der Waals surface area (Å²) in [6, 6.07) is 24.9. The van der Waals surface area contributed by atoms with E-state index in [4.69, 9.17) is 21.1 Å². The lowest BCUT2D eigenvalue weighted by molar-refractivity contribution is 0.0954. The second-order valence-electron chi connectivity index (χ2n) is 7.37. The number of amides is 1. The third-order valence-electron chi connectivity index (χ3n) is 5.08. The molecule has 0 radical (unpaired) electrons. The fourth-order valence-electron chi connectivity index (χ4n) is 3.50. The molecule has 34 heavy (non-hydrogen) atoms. The Morgan fingerprint density at radius 2 is 1.79 bits per heavy atom. The van der Waals surface area contributed by atoms with Gasteiger partial charge in [0.15, 0.2) is 11.5 Å². The number of fused-ring (bicyclic) bond motifs is 1. The number of benzene rings is 4. The van der Waals surface area contributed by atoms with Crippen LogP contribution >= 0.6 is 27.5 Å². The summed E-state index contributed by atoms with van der Waals surface area (Å²) in [5.41, 5.74) is 4.73. The van der Waals surface area contributed by atoms with Crippen molar-refractivity contribution >= 4 is 50.4 Å². The molecule has 0 bridgehead atoms. The van der Waals surface area contributed by atoms with Crippen LogP contribution < -0.4 is 14.9 Å². The van der Waals surface area contributed by atoms with E-state index >= 15 is 0 Å². The van der Waals surface area contributed by atoms with E-state index in [0.717, 1.165) is 16.3 Å². The number of carbonyl (C=O) groups is 1. The maximum atomic E-state index is 12.3. The van der Waals surface area contributed by atoms with E-state index in [1.54, 1.807) is 30.3 Å². The SMILES string of the molecule is CCOc1cc(/C=N\NC(=O)c2ccccc2Br)cc(Cl)c1OCc1cccc2ccccc12. The normalized spacial score (nSPS) is 11.0. The van der Waals surface area contributed by atoms with Crippen LogP contribution in [0.1, 0.15) is 28.4 Å². The lowest BCUT2D eigenvalue weighted by Gasteiger charge is -2.15. The Labute approximate surface area is 211 Å². The lowest BCUT2D eigenvalue weighted by Crippen LogP contribution is -2.18. The molecule has 0 aliphatic carbocycles. The zero-order valence-electron chi connectivity index (χ0n) is 18.4. The van der Waals surface area contributed by atoms with Gasteiger partial charge >= 0.3 is 0 Å². The number of carbonyl (C=O) groups excluding carboxylic acids is 1. The Hall–Kier alpha value is -3.35. The molecule has 0 saturated carbocycles. The molecule has 1 N–H and O–H groups in total. The summed E-state index contributed by atoms with van der Waals surface area (Å²) < 4.78 is 12.6. The molecule has 0 spiro atoms. The zero-order valence-corrected chi connectivity index (χ0v) is 20.8. The van der Waals surface area contributed by atoms with Crippen LogP contribution in [0.2, 0.25) is 5.02 Å². The molecule has 0 aromatic heterocycles. The van der Waals surface area contributed by atoms with Crippen molar-refractivity contribution in [3.63, 3.8) is 0 Å². The van der Waals surface area contributed by atoms with Crippen LogP contribution in [0, 0.1) is 0 Å². The first-order chi connectivity index (χ1) is 16.6. The van der Waals surface area contributed by atoms with Gasteiger partial charge in [-0.25, -0.2) is 5.43 Å². The van der Waals surface area contributed by atoms with Crippen LogP contribution in [0.15, 0.2) is 88.4 Å². The van der Waals surface area contributed by atoms with Gasteiger partial charge < -0.3 is 9.47 Å². The largest absolute Gasteiger partial charge is 0.490 e. The Morgan fingerprint density at radius 3 is 2.62 bits per heavy atom. The highest BCUT2D eigenvalue weighted by Crippen LogP contribution is 2.37. The van der Waals surface area contributed by atoms with Crippen LogP contribution in [0.5, 0.6) is 11.5 Å². The minimum absolute atomic E-state index is 0.324. The van der Waals surface area contributed by atoms with Gasteiger partial charge in [0.2, 0.25) is 0 Å². The minimum atomic E-state index is -0.324. The molecule has 0 fully saturated rings. The van der Waals surface area contributed by atoms with Crippen molar-refractivity contribution in [2.45, 2.75) is 13.5 Å². The summed E-state index contributed by atoms with van der Waals surface area (Å²) in [5.74, 6) is 0.648. The van der Waals surface area contributed by atoms with Gasteiger partial charge in [-0.05, 0) is 69.0 Å². The summed E-state index contributed by atoms with van der Waals surface area (Å²) in [7, 11) is 0. The Balaban J connectivity index is 1.51. The highest BCUT2D eigenvalue weighted by atomic mass is 79.9. The first-order valence-electron chi connectivity index (χ1n) is 10.7. The molecule has 172 valence electrons. The third kappa shape index (κ3) is 5.58. The maximum absolute atomic E-state index is 12.3. The maximum Gasteiger partial charge on any atom is 0.272 e. The van der Waals surface area contributed by atoms with Crippen molar-refractivity contribution in [3.05, 3.63) is 105 Å². The van der Waals surface area contributed by atoms with E-state index in [-0.39, 0.29) is 5.91 Å². The van der Waals surface area contributed by atoms with Gasteiger partial charge in [-0.3, -0.25) is 4.79 Å². The van der Waals surface area contributed by atoms with Gasteiger partial charge in [0.1, 0.15) is 6.61 Å². The zero-order chi connectivity index (χ0) is 23.9. The third-order valence-corrected chi connectivity index (χ3v) is 6.05. The number of ether oxygens (including phenoxy) is 2. The minimum Gasteiger partial charge on any atom is -0.490 e. The van der Waals surface area contributed by atoms with Gasteiger partial charge in [-0.1, -0.05) is 66.2 Å². The van der Waals surface area contributed by atoms with E-state index in [1.807, 2.05) is 37.3 Å². The highest BCUT2D eigenvalue weighted by Gasteiger charge is 2.14. The Kier molecular flexibility index (Phi) is 7.83. The van der Waals surface area contributed by atoms with Crippen LogP contribution in [-0.2, 0) is 6.61 Å². The topological polar surface area (TPSA) is 59.9 Å². The molecule has 4 aromatic carbocycles. The van der Waals surface area contributed by atoms with Crippen molar-refractivity contribution in [1.29, 1.82) is 0 Å². The van der Waals surface area contributed by atoms with Crippen LogP contribution in [0.25, 0.3) is 10.8 Å². The molecule has 4 aromatic rings. The van der Waals surface area contributed by atoms with Crippen molar-refractivity contribution in [1.82, 2.24) is 5.43 Å². The molecule has 0 saturated heterocycles. The smallest absolute Gasteiger partial charge is 0.272 e. The number of nitrogens with zero attached hydrogens (tertiary/aromatic N) is 1. The van der Waals surface area contributed by atoms with E-state index in [2.05, 4.69) is 44.7 Å².